The zero-order valence-electron chi connectivity index (χ0n) is 19.2. The second-order valence-electron chi connectivity index (χ2n) is 8.26. The molecule has 8 nitrogen and oxygen atoms in total. The molecule has 1 saturated heterocycles. The van der Waals surface area contributed by atoms with Crippen LogP contribution in [0, 0.1) is 5.92 Å². The molecule has 3 aromatic rings. The van der Waals surface area contributed by atoms with E-state index < -0.39 is 27.9 Å². The van der Waals surface area contributed by atoms with Crippen molar-refractivity contribution in [2.24, 2.45) is 5.92 Å². The van der Waals surface area contributed by atoms with Crippen molar-refractivity contribution in [2.75, 3.05) is 26.8 Å². The van der Waals surface area contributed by atoms with Crippen molar-refractivity contribution >= 4 is 38.5 Å². The van der Waals surface area contributed by atoms with Crippen molar-refractivity contribution in [2.45, 2.75) is 17.7 Å². The minimum Gasteiger partial charge on any atom is -0.465 e. The normalized spacial score (nSPS) is 15.0. The molecule has 0 radical (unpaired) electrons. The third-order valence-corrected chi connectivity index (χ3v) is 8.07. The van der Waals surface area contributed by atoms with Crippen molar-refractivity contribution in [1.82, 2.24) is 4.31 Å². The van der Waals surface area contributed by atoms with Gasteiger partial charge in [0.05, 0.1) is 23.5 Å². The van der Waals surface area contributed by atoms with Gasteiger partial charge >= 0.3 is 11.9 Å². The van der Waals surface area contributed by atoms with E-state index in [0.717, 1.165) is 10.8 Å². The molecule has 35 heavy (non-hydrogen) atoms. The van der Waals surface area contributed by atoms with Crippen molar-refractivity contribution in [3.05, 3.63) is 77.9 Å². The fourth-order valence-corrected chi connectivity index (χ4v) is 5.79. The van der Waals surface area contributed by atoms with Gasteiger partial charge in [0.2, 0.25) is 10.0 Å². The van der Waals surface area contributed by atoms with Crippen LogP contribution in [0.2, 0.25) is 0 Å². The molecule has 0 spiro atoms. The quantitative estimate of drug-likeness (QED) is 0.365. The molecule has 0 bridgehead atoms. The van der Waals surface area contributed by atoms with E-state index in [0.29, 0.717) is 5.56 Å². The first-order chi connectivity index (χ1) is 16.8. The third-order valence-electron chi connectivity index (χ3n) is 6.11. The standard InChI is InChI=1S/C26H25NO7S/c1-33-26(30)22-8-4-5-9-24(22)35(31,32)27-14-12-19(13-15-27)25(29)34-17-23(28)21-11-10-18-6-2-3-7-20(18)16-21/h2-11,16,19H,12-15,17H2,1H3. The van der Waals surface area contributed by atoms with Crippen molar-refractivity contribution in [3.8, 4) is 0 Å². The number of carbonyl (C=O) groups excluding carboxylic acids is 3. The van der Waals surface area contributed by atoms with E-state index in [2.05, 4.69) is 0 Å². The summed E-state index contributed by atoms with van der Waals surface area (Å²) in [6.45, 7) is -0.186. The van der Waals surface area contributed by atoms with Crippen LogP contribution in [-0.4, -0.2) is 57.3 Å². The number of ketones is 1. The number of benzene rings is 3. The van der Waals surface area contributed by atoms with Crippen LogP contribution in [0.25, 0.3) is 10.8 Å². The van der Waals surface area contributed by atoms with Gasteiger partial charge < -0.3 is 9.47 Å². The fraction of sp³-hybridized carbons (Fsp3) is 0.269. The molecular formula is C26H25NO7S. The highest BCUT2D eigenvalue weighted by atomic mass is 32.2. The number of fused-ring (bicyclic) bond motifs is 1. The molecule has 1 fully saturated rings. The Kier molecular flexibility index (Phi) is 7.28. The van der Waals surface area contributed by atoms with Gasteiger partial charge in [-0.2, -0.15) is 4.31 Å². The van der Waals surface area contributed by atoms with Crippen LogP contribution in [0.1, 0.15) is 33.6 Å². The molecule has 1 aliphatic rings. The Labute approximate surface area is 203 Å². The molecule has 1 aliphatic heterocycles. The number of piperidine rings is 1. The van der Waals surface area contributed by atoms with Crippen LogP contribution < -0.4 is 0 Å². The Bertz CT molecular complexity index is 1380. The second-order valence-corrected chi connectivity index (χ2v) is 10.2. The molecule has 3 aromatic carbocycles. The number of hydrogen-bond donors (Lipinski definition) is 0. The van der Waals surface area contributed by atoms with E-state index >= 15 is 0 Å². The molecule has 0 aromatic heterocycles. The summed E-state index contributed by atoms with van der Waals surface area (Å²) in [5.74, 6) is -2.07. The Hall–Kier alpha value is -3.56. The first-order valence-electron chi connectivity index (χ1n) is 11.2. The molecule has 0 saturated carbocycles. The van der Waals surface area contributed by atoms with Gasteiger partial charge in [-0.25, -0.2) is 13.2 Å². The Morgan fingerprint density at radius 1 is 0.914 bits per heavy atom. The maximum absolute atomic E-state index is 13.1. The zero-order chi connectivity index (χ0) is 25.0. The number of methoxy groups -OCH3 is 1. The molecule has 4 rings (SSSR count). The predicted molar refractivity (Wildman–Crippen MR) is 129 cm³/mol. The van der Waals surface area contributed by atoms with Gasteiger partial charge in [0.25, 0.3) is 0 Å². The van der Waals surface area contributed by atoms with Gasteiger partial charge in [-0.1, -0.05) is 48.5 Å². The second kappa shape index (κ2) is 10.4. The maximum Gasteiger partial charge on any atom is 0.339 e. The lowest BCUT2D eigenvalue weighted by molar-refractivity contribution is -0.148. The maximum atomic E-state index is 13.1. The highest BCUT2D eigenvalue weighted by Gasteiger charge is 2.35. The molecule has 0 N–H and O–H groups in total. The van der Waals surface area contributed by atoms with Crippen LogP contribution in [0.4, 0.5) is 0 Å². The largest absolute Gasteiger partial charge is 0.465 e. The average molecular weight is 496 g/mol. The van der Waals surface area contributed by atoms with E-state index in [1.807, 2.05) is 30.3 Å². The van der Waals surface area contributed by atoms with Gasteiger partial charge in [-0.15, -0.1) is 0 Å². The zero-order valence-corrected chi connectivity index (χ0v) is 20.0. The summed E-state index contributed by atoms with van der Waals surface area (Å²) in [6.07, 6.45) is 0.505. The lowest BCUT2D eigenvalue weighted by atomic mass is 9.98. The molecule has 0 unspecified atom stereocenters. The lowest BCUT2D eigenvalue weighted by Gasteiger charge is -2.30. The summed E-state index contributed by atoms with van der Waals surface area (Å²) >= 11 is 0. The van der Waals surface area contributed by atoms with Crippen LogP contribution >= 0.6 is 0 Å². The SMILES string of the molecule is COC(=O)c1ccccc1S(=O)(=O)N1CCC(C(=O)OCC(=O)c2ccc3ccccc3c2)CC1. The van der Waals surface area contributed by atoms with E-state index in [1.54, 1.807) is 18.2 Å². The highest BCUT2D eigenvalue weighted by Crippen LogP contribution is 2.27. The van der Waals surface area contributed by atoms with Gasteiger partial charge in [0.1, 0.15) is 0 Å². The number of Topliss-reactive ketones (excluding diaryl/α,β-unsaturated/α-hetero) is 1. The molecule has 9 heteroatoms. The minimum atomic E-state index is -3.95. The molecular weight excluding hydrogens is 470 g/mol. The number of sulfonamides is 1. The molecule has 0 atom stereocenters. The van der Waals surface area contributed by atoms with Crippen LogP contribution in [0.5, 0.6) is 0 Å². The van der Waals surface area contributed by atoms with Gasteiger partial charge in [-0.05, 0) is 41.8 Å². The lowest BCUT2D eigenvalue weighted by Crippen LogP contribution is -2.41. The molecule has 0 aliphatic carbocycles. The summed E-state index contributed by atoms with van der Waals surface area (Å²) in [5.41, 5.74) is 0.422. The number of nitrogens with zero attached hydrogens (tertiary/aromatic N) is 1. The van der Waals surface area contributed by atoms with Crippen LogP contribution in [-0.2, 0) is 24.3 Å². The van der Waals surface area contributed by atoms with Crippen LogP contribution in [0.3, 0.4) is 0 Å². The Morgan fingerprint density at radius 2 is 1.57 bits per heavy atom. The molecule has 1 heterocycles. The average Bonchev–Trinajstić information content (AvgIpc) is 2.90. The number of ether oxygens (including phenoxy) is 2. The highest BCUT2D eigenvalue weighted by molar-refractivity contribution is 7.89. The third kappa shape index (κ3) is 5.26. The van der Waals surface area contributed by atoms with Gasteiger partial charge in [0.15, 0.2) is 12.4 Å². The first-order valence-corrected chi connectivity index (χ1v) is 12.6. The van der Waals surface area contributed by atoms with Crippen molar-refractivity contribution < 1.29 is 32.3 Å². The van der Waals surface area contributed by atoms with Gasteiger partial charge in [-0.3, -0.25) is 9.59 Å². The summed E-state index contributed by atoms with van der Waals surface area (Å²) in [5, 5.41) is 1.93. The van der Waals surface area contributed by atoms with Crippen molar-refractivity contribution in [3.63, 3.8) is 0 Å². The van der Waals surface area contributed by atoms with Crippen molar-refractivity contribution in [1.29, 1.82) is 0 Å². The predicted octanol–water partition coefficient (Wildman–Crippen LogP) is 3.45. The summed E-state index contributed by atoms with van der Waals surface area (Å²) in [7, 11) is -2.76. The Morgan fingerprint density at radius 3 is 2.29 bits per heavy atom. The number of carbonyl (C=O) groups is 3. The van der Waals surface area contributed by atoms with Crippen LogP contribution in [0.15, 0.2) is 71.6 Å². The van der Waals surface area contributed by atoms with E-state index in [9.17, 15) is 22.8 Å². The van der Waals surface area contributed by atoms with Gasteiger partial charge in [0, 0.05) is 18.7 Å². The number of hydrogen-bond acceptors (Lipinski definition) is 7. The summed E-state index contributed by atoms with van der Waals surface area (Å²) in [4.78, 5) is 37.0. The summed E-state index contributed by atoms with van der Waals surface area (Å²) < 4.78 is 37.5. The van der Waals surface area contributed by atoms with E-state index in [-0.39, 0.29) is 48.8 Å². The first kappa shape index (κ1) is 24.6. The molecule has 0 amide bonds. The topological polar surface area (TPSA) is 107 Å². The fourth-order valence-electron chi connectivity index (χ4n) is 4.14. The van der Waals surface area contributed by atoms with E-state index in [1.165, 1.54) is 29.6 Å². The smallest absolute Gasteiger partial charge is 0.339 e. The number of esters is 2. The molecule has 182 valence electrons. The monoisotopic (exact) mass is 495 g/mol. The Balaban J connectivity index is 1.35. The summed E-state index contributed by atoms with van der Waals surface area (Å²) in [6, 6.07) is 18.8. The number of rotatable bonds is 7. The minimum absolute atomic E-state index is 0.0382. The van der Waals surface area contributed by atoms with E-state index in [4.69, 9.17) is 9.47 Å².